The summed E-state index contributed by atoms with van der Waals surface area (Å²) in [4.78, 5) is 11.7. The van der Waals surface area contributed by atoms with Crippen LogP contribution in [0, 0.1) is 5.92 Å². The van der Waals surface area contributed by atoms with Crippen LogP contribution in [0.25, 0.3) is 0 Å². The molecule has 0 fully saturated rings. The maximum Gasteiger partial charge on any atom is 0.224 e. The van der Waals surface area contributed by atoms with Gasteiger partial charge >= 0.3 is 0 Å². The summed E-state index contributed by atoms with van der Waals surface area (Å²) in [5.74, 6) is 0.421. The van der Waals surface area contributed by atoms with Crippen LogP contribution in [0.15, 0.2) is 24.3 Å². The summed E-state index contributed by atoms with van der Waals surface area (Å²) in [6.45, 7) is 5.94. The van der Waals surface area contributed by atoms with E-state index in [9.17, 15) is 4.79 Å². The highest BCUT2D eigenvalue weighted by molar-refractivity contribution is 6.30. The number of nitrogens with one attached hydrogen (secondary N) is 1. The molecule has 0 saturated carbocycles. The van der Waals surface area contributed by atoms with E-state index in [1.54, 1.807) is 12.1 Å². The van der Waals surface area contributed by atoms with Gasteiger partial charge in [0.2, 0.25) is 5.91 Å². The van der Waals surface area contributed by atoms with Crippen molar-refractivity contribution in [3.05, 3.63) is 29.3 Å². The molecule has 1 rings (SSSR count). The fourth-order valence-electron chi connectivity index (χ4n) is 1.46. The molecule has 0 bridgehead atoms. The number of halogens is 2. The number of rotatable bonds is 6. The van der Waals surface area contributed by atoms with Gasteiger partial charge in [-0.25, -0.2) is 0 Å². The van der Waals surface area contributed by atoms with Crippen LogP contribution in [-0.2, 0) is 4.79 Å². The van der Waals surface area contributed by atoms with Crippen molar-refractivity contribution in [2.45, 2.75) is 32.9 Å². The van der Waals surface area contributed by atoms with Gasteiger partial charge in [-0.1, -0.05) is 24.6 Å². The Morgan fingerprint density at radius 2 is 2.05 bits per heavy atom. The largest absolute Gasteiger partial charge is 0.489 e. The normalized spacial score (nSPS) is 14.7. The first-order valence-electron chi connectivity index (χ1n) is 6.35. The number of benzene rings is 1. The van der Waals surface area contributed by atoms with Crippen molar-refractivity contribution < 1.29 is 9.53 Å². The molecule has 3 atom stereocenters. The van der Waals surface area contributed by atoms with E-state index in [0.717, 1.165) is 0 Å². The monoisotopic (exact) mass is 320 g/mol. The molecule has 20 heavy (non-hydrogen) atoms. The van der Waals surface area contributed by atoms with Gasteiger partial charge in [0, 0.05) is 17.0 Å². The van der Waals surface area contributed by atoms with Gasteiger partial charge < -0.3 is 15.8 Å². The first-order valence-corrected chi connectivity index (χ1v) is 6.73. The highest BCUT2D eigenvalue weighted by Gasteiger charge is 2.17. The maximum atomic E-state index is 11.7. The van der Waals surface area contributed by atoms with Gasteiger partial charge in [-0.2, -0.15) is 0 Å². The summed E-state index contributed by atoms with van der Waals surface area (Å²) in [6, 6.07) is 7.01. The van der Waals surface area contributed by atoms with Crippen molar-refractivity contribution in [1.29, 1.82) is 0 Å². The first kappa shape index (κ1) is 19.0. The molecule has 0 aromatic heterocycles. The number of hydrogen-bond acceptors (Lipinski definition) is 3. The molecule has 3 N–H and O–H groups in total. The fraction of sp³-hybridized carbons (Fsp3) is 0.500. The smallest absolute Gasteiger partial charge is 0.224 e. The first-order chi connectivity index (χ1) is 8.90. The molecule has 0 heterocycles. The van der Waals surface area contributed by atoms with Gasteiger partial charge in [-0.15, -0.1) is 12.4 Å². The minimum Gasteiger partial charge on any atom is -0.489 e. The van der Waals surface area contributed by atoms with Crippen LogP contribution < -0.4 is 15.8 Å². The molecular formula is C14H22Cl2N2O2. The number of carbonyl (C=O) groups excluding carboxylic acids is 1. The summed E-state index contributed by atoms with van der Waals surface area (Å²) in [5.41, 5.74) is 5.68. The van der Waals surface area contributed by atoms with Gasteiger partial charge in [-0.3, -0.25) is 4.79 Å². The highest BCUT2D eigenvalue weighted by atomic mass is 35.5. The topological polar surface area (TPSA) is 64.4 Å². The molecule has 6 heteroatoms. The van der Waals surface area contributed by atoms with E-state index in [1.807, 2.05) is 32.9 Å². The summed E-state index contributed by atoms with van der Waals surface area (Å²) in [5, 5.41) is 3.45. The second-order valence-corrected chi connectivity index (χ2v) is 5.22. The molecule has 0 radical (unpaired) electrons. The molecule has 0 spiro atoms. The standard InChI is InChI=1S/C14H21ClN2O2.ClH/c1-9(8-17-14(18)10(2)11(3)16)19-13-6-4-5-12(15)7-13;/h4-7,9-11H,8,16H2,1-3H3,(H,17,18);1H. The molecule has 0 aliphatic heterocycles. The third-order valence-electron chi connectivity index (χ3n) is 2.90. The van der Waals surface area contributed by atoms with Crippen molar-refractivity contribution in [2.24, 2.45) is 11.7 Å². The van der Waals surface area contributed by atoms with Crippen LogP contribution in [0.4, 0.5) is 0 Å². The lowest BCUT2D eigenvalue weighted by Crippen LogP contribution is -2.42. The maximum absolute atomic E-state index is 11.7. The lowest BCUT2D eigenvalue weighted by molar-refractivity contribution is -0.125. The fourth-order valence-corrected chi connectivity index (χ4v) is 1.64. The molecule has 4 nitrogen and oxygen atoms in total. The third kappa shape index (κ3) is 6.46. The Balaban J connectivity index is 0.00000361. The summed E-state index contributed by atoms with van der Waals surface area (Å²) in [7, 11) is 0. The number of ether oxygens (including phenoxy) is 1. The van der Waals surface area contributed by atoms with Crippen LogP contribution in [0.5, 0.6) is 5.75 Å². The van der Waals surface area contributed by atoms with E-state index in [0.29, 0.717) is 17.3 Å². The summed E-state index contributed by atoms with van der Waals surface area (Å²) in [6.07, 6.45) is -0.136. The summed E-state index contributed by atoms with van der Waals surface area (Å²) < 4.78 is 5.66. The SMILES string of the molecule is CC(CNC(=O)C(C)C(C)N)Oc1cccc(Cl)c1.Cl. The zero-order valence-corrected chi connectivity index (χ0v) is 13.5. The Hall–Kier alpha value is -0.970. The molecular weight excluding hydrogens is 299 g/mol. The quantitative estimate of drug-likeness (QED) is 0.846. The Morgan fingerprint density at radius 3 is 2.60 bits per heavy atom. The Kier molecular flexibility index (Phi) is 8.62. The van der Waals surface area contributed by atoms with E-state index >= 15 is 0 Å². The average molecular weight is 321 g/mol. The van der Waals surface area contributed by atoms with Crippen molar-refractivity contribution in [1.82, 2.24) is 5.32 Å². The Morgan fingerprint density at radius 1 is 1.40 bits per heavy atom. The Bertz CT molecular complexity index is 427. The van der Waals surface area contributed by atoms with E-state index in [2.05, 4.69) is 5.32 Å². The van der Waals surface area contributed by atoms with Crippen LogP contribution in [-0.4, -0.2) is 24.6 Å². The van der Waals surface area contributed by atoms with E-state index in [-0.39, 0.29) is 36.4 Å². The van der Waals surface area contributed by atoms with Crippen molar-refractivity contribution in [3.8, 4) is 5.75 Å². The van der Waals surface area contributed by atoms with E-state index in [4.69, 9.17) is 22.1 Å². The zero-order chi connectivity index (χ0) is 14.4. The number of hydrogen-bond donors (Lipinski definition) is 2. The molecule has 0 aliphatic rings. The molecule has 0 aliphatic carbocycles. The van der Waals surface area contributed by atoms with Crippen LogP contribution in [0.1, 0.15) is 20.8 Å². The number of amides is 1. The number of nitrogens with two attached hydrogens (primary N) is 1. The van der Waals surface area contributed by atoms with E-state index in [1.165, 1.54) is 0 Å². The van der Waals surface area contributed by atoms with Gasteiger partial charge in [0.25, 0.3) is 0 Å². The molecule has 0 saturated heterocycles. The minimum absolute atomic E-state index is 0. The highest BCUT2D eigenvalue weighted by Crippen LogP contribution is 2.18. The lowest BCUT2D eigenvalue weighted by Gasteiger charge is -2.19. The predicted octanol–water partition coefficient (Wildman–Crippen LogP) is 2.63. The van der Waals surface area contributed by atoms with E-state index < -0.39 is 0 Å². The second kappa shape index (κ2) is 9.06. The average Bonchev–Trinajstić information content (AvgIpc) is 2.34. The molecule has 3 unspecified atom stereocenters. The van der Waals surface area contributed by atoms with Gasteiger partial charge in [-0.05, 0) is 32.0 Å². The molecule has 1 amide bonds. The third-order valence-corrected chi connectivity index (χ3v) is 3.13. The van der Waals surface area contributed by atoms with Gasteiger partial charge in [0.05, 0.1) is 6.54 Å². The summed E-state index contributed by atoms with van der Waals surface area (Å²) >= 11 is 5.87. The minimum atomic E-state index is -0.210. The molecule has 1 aromatic rings. The van der Waals surface area contributed by atoms with Crippen molar-refractivity contribution in [3.63, 3.8) is 0 Å². The van der Waals surface area contributed by atoms with Crippen LogP contribution in [0.3, 0.4) is 0 Å². The van der Waals surface area contributed by atoms with Crippen LogP contribution >= 0.6 is 24.0 Å². The lowest BCUT2D eigenvalue weighted by atomic mass is 10.0. The second-order valence-electron chi connectivity index (χ2n) is 4.78. The predicted molar refractivity (Wildman–Crippen MR) is 84.6 cm³/mol. The number of carbonyl (C=O) groups is 1. The van der Waals surface area contributed by atoms with Crippen molar-refractivity contribution in [2.75, 3.05) is 6.54 Å². The Labute approximate surface area is 131 Å². The molecule has 1 aromatic carbocycles. The van der Waals surface area contributed by atoms with Crippen LogP contribution in [0.2, 0.25) is 5.02 Å². The van der Waals surface area contributed by atoms with Gasteiger partial charge in [0.15, 0.2) is 0 Å². The zero-order valence-electron chi connectivity index (χ0n) is 11.9. The van der Waals surface area contributed by atoms with Gasteiger partial charge in [0.1, 0.15) is 11.9 Å². The molecule has 114 valence electrons. The van der Waals surface area contributed by atoms with Crippen molar-refractivity contribution >= 4 is 29.9 Å².